The molecule has 1 saturated heterocycles. The van der Waals surface area contributed by atoms with Gasteiger partial charge in [0.25, 0.3) is 0 Å². The zero-order chi connectivity index (χ0) is 17.4. The van der Waals surface area contributed by atoms with Gasteiger partial charge in [-0.1, -0.05) is 47.5 Å². The lowest BCUT2D eigenvalue weighted by Gasteiger charge is -2.40. The van der Waals surface area contributed by atoms with Crippen molar-refractivity contribution < 1.29 is 14.9 Å². The van der Waals surface area contributed by atoms with Gasteiger partial charge in [-0.3, -0.25) is 0 Å². The van der Waals surface area contributed by atoms with E-state index in [9.17, 15) is 10.2 Å². The monoisotopic (exact) mass is 338 g/mol. The predicted octanol–water partition coefficient (Wildman–Crippen LogP) is 3.50. The second-order valence-electron chi connectivity index (χ2n) is 8.56. The lowest BCUT2D eigenvalue weighted by molar-refractivity contribution is -0.135. The Morgan fingerprint density at radius 3 is 2.13 bits per heavy atom. The largest absolute Gasteiger partial charge is 0.390 e. The minimum absolute atomic E-state index is 0.0978. The zero-order valence-electron chi connectivity index (χ0n) is 15.6. The van der Waals surface area contributed by atoms with Gasteiger partial charge in [-0.15, -0.1) is 5.54 Å². The molecule has 2 rings (SSSR count). The molecule has 132 valence electrons. The number of rotatable bonds is 3. The Labute approximate surface area is 142 Å². The highest BCUT2D eigenvalue weighted by molar-refractivity contribution is 6.90. The normalized spacial score (nSPS) is 34.7. The minimum atomic E-state index is -1.83. The van der Waals surface area contributed by atoms with Gasteiger partial charge in [-0.25, -0.2) is 0 Å². The molecule has 4 atom stereocenters. The Balaban J connectivity index is 2.24. The van der Waals surface area contributed by atoms with E-state index in [-0.39, 0.29) is 24.7 Å². The molecule has 2 aliphatic rings. The lowest BCUT2D eigenvalue weighted by atomic mass is 9.86. The van der Waals surface area contributed by atoms with E-state index >= 15 is 0 Å². The summed E-state index contributed by atoms with van der Waals surface area (Å²) >= 11 is 0. The Hall–Kier alpha value is -0.343. The van der Waals surface area contributed by atoms with Crippen molar-refractivity contribution in [1.82, 2.24) is 0 Å². The first kappa shape index (κ1) is 19.0. The Morgan fingerprint density at radius 1 is 1.04 bits per heavy atom. The average Bonchev–Trinajstić information content (AvgIpc) is 2.78. The molecule has 0 aromatic rings. The quantitative estimate of drug-likeness (QED) is 0.612. The molecule has 3 nitrogen and oxygen atoms in total. The number of aliphatic hydroxyl groups is 2. The summed E-state index contributed by atoms with van der Waals surface area (Å²) < 4.78 is 5.79. The van der Waals surface area contributed by atoms with Crippen molar-refractivity contribution in [3.63, 3.8) is 0 Å². The summed E-state index contributed by atoms with van der Waals surface area (Å²) in [5.41, 5.74) is 4.27. The van der Waals surface area contributed by atoms with Gasteiger partial charge in [0.2, 0.25) is 0 Å². The molecule has 1 saturated carbocycles. The molecule has 0 amide bonds. The third-order valence-corrected chi connectivity index (χ3v) is 12.5. The van der Waals surface area contributed by atoms with Crippen LogP contribution in [0.5, 0.6) is 0 Å². The van der Waals surface area contributed by atoms with Gasteiger partial charge in [0.15, 0.2) is 0 Å². The third kappa shape index (κ3) is 3.53. The molecule has 4 heteroatoms. The van der Waals surface area contributed by atoms with Crippen molar-refractivity contribution in [3.8, 4) is 11.5 Å². The summed E-state index contributed by atoms with van der Waals surface area (Å²) in [7, 11) is -1.83. The molecule has 0 bridgehead atoms. The van der Waals surface area contributed by atoms with Gasteiger partial charge in [0, 0.05) is 0 Å². The summed E-state index contributed by atoms with van der Waals surface area (Å²) in [5.74, 6) is 3.51. The van der Waals surface area contributed by atoms with E-state index in [0.717, 1.165) is 12.8 Å². The van der Waals surface area contributed by atoms with Gasteiger partial charge in [-0.05, 0) is 41.8 Å². The third-order valence-electron chi connectivity index (χ3n) is 6.17. The van der Waals surface area contributed by atoms with E-state index < -0.39 is 13.7 Å². The van der Waals surface area contributed by atoms with E-state index in [1.54, 1.807) is 0 Å². The van der Waals surface area contributed by atoms with Crippen LogP contribution in [-0.2, 0) is 4.74 Å². The van der Waals surface area contributed by atoms with E-state index in [1.165, 1.54) is 0 Å². The zero-order valence-corrected chi connectivity index (χ0v) is 16.6. The number of ether oxygens (including phenoxy) is 1. The highest BCUT2D eigenvalue weighted by atomic mass is 28.3. The molecule has 0 spiro atoms. The maximum Gasteiger partial charge on any atom is 0.148 e. The fourth-order valence-electron chi connectivity index (χ4n) is 4.96. The second-order valence-corrected chi connectivity index (χ2v) is 14.1. The van der Waals surface area contributed by atoms with Gasteiger partial charge in [0.1, 0.15) is 13.7 Å². The molecule has 2 N–H and O–H groups in total. The molecule has 2 fully saturated rings. The van der Waals surface area contributed by atoms with Crippen LogP contribution in [0.15, 0.2) is 0 Å². The van der Waals surface area contributed by atoms with Crippen LogP contribution in [0.4, 0.5) is 0 Å². The van der Waals surface area contributed by atoms with Gasteiger partial charge >= 0.3 is 0 Å². The summed E-state index contributed by atoms with van der Waals surface area (Å²) in [6, 6.07) is 0. The van der Waals surface area contributed by atoms with E-state index in [4.69, 9.17) is 4.74 Å². The molecule has 0 unspecified atom stereocenters. The number of aliphatic hydroxyl groups excluding tert-OH is 1. The first-order valence-corrected chi connectivity index (χ1v) is 11.4. The van der Waals surface area contributed by atoms with E-state index in [2.05, 4.69) is 53.0 Å². The van der Waals surface area contributed by atoms with E-state index in [0.29, 0.717) is 23.0 Å². The fraction of sp³-hybridized carbons (Fsp3) is 0.895. The molecule has 1 heterocycles. The van der Waals surface area contributed by atoms with Crippen LogP contribution in [0.3, 0.4) is 0 Å². The van der Waals surface area contributed by atoms with Gasteiger partial charge < -0.3 is 14.9 Å². The SMILES string of the molecule is CC(C)[Si](C#C[C@@]1(O)CO[C@H]2[C@H](CC[C@@H]2O)C1)(C(C)C)C(C)C. The molecule has 0 radical (unpaired) electrons. The first-order valence-electron chi connectivity index (χ1n) is 9.18. The van der Waals surface area contributed by atoms with Crippen LogP contribution < -0.4 is 0 Å². The molecular weight excluding hydrogens is 304 g/mol. The van der Waals surface area contributed by atoms with Gasteiger partial charge in [0.05, 0.1) is 18.8 Å². The lowest BCUT2D eigenvalue weighted by Crippen LogP contribution is -2.48. The molecule has 1 aliphatic heterocycles. The van der Waals surface area contributed by atoms with Crippen LogP contribution in [0.1, 0.15) is 60.8 Å². The van der Waals surface area contributed by atoms with Crippen molar-refractivity contribution in [2.24, 2.45) is 5.92 Å². The fourth-order valence-corrected chi connectivity index (χ4v) is 10.3. The van der Waals surface area contributed by atoms with Crippen LogP contribution >= 0.6 is 0 Å². The number of hydrogen-bond acceptors (Lipinski definition) is 3. The molecule has 0 aromatic carbocycles. The van der Waals surface area contributed by atoms with Crippen molar-refractivity contribution in [1.29, 1.82) is 0 Å². The standard InChI is InChI=1S/C19H34O3Si/c1-13(2)23(14(3)4,15(5)6)10-9-19(21)11-16-7-8-17(20)18(16)22-12-19/h13-18,20-21H,7-8,11-12H2,1-6H3/t16-,17+,18+,19+/m1/s1. The molecular formula is C19H34O3Si. The topological polar surface area (TPSA) is 49.7 Å². The minimum Gasteiger partial charge on any atom is -0.390 e. The number of fused-ring (bicyclic) bond motifs is 1. The van der Waals surface area contributed by atoms with Crippen LogP contribution in [-0.4, -0.2) is 42.7 Å². The first-order chi connectivity index (χ1) is 10.6. The summed E-state index contributed by atoms with van der Waals surface area (Å²) in [6.07, 6.45) is 1.88. The number of hydrogen-bond donors (Lipinski definition) is 2. The highest BCUT2D eigenvalue weighted by Gasteiger charge is 2.47. The maximum absolute atomic E-state index is 11.0. The van der Waals surface area contributed by atoms with Crippen molar-refractivity contribution in [2.75, 3.05) is 6.61 Å². The smallest absolute Gasteiger partial charge is 0.148 e. The van der Waals surface area contributed by atoms with Crippen molar-refractivity contribution in [3.05, 3.63) is 0 Å². The summed E-state index contributed by atoms with van der Waals surface area (Å²) in [5, 5.41) is 20.9. The van der Waals surface area contributed by atoms with Crippen LogP contribution in [0.25, 0.3) is 0 Å². The van der Waals surface area contributed by atoms with Crippen molar-refractivity contribution >= 4 is 8.07 Å². The molecule has 0 aromatic heterocycles. The molecule has 1 aliphatic carbocycles. The second kappa shape index (κ2) is 6.88. The van der Waals surface area contributed by atoms with Crippen LogP contribution in [0.2, 0.25) is 16.6 Å². The molecule has 23 heavy (non-hydrogen) atoms. The van der Waals surface area contributed by atoms with Gasteiger partial charge in [-0.2, -0.15) is 0 Å². The van der Waals surface area contributed by atoms with Crippen LogP contribution in [0, 0.1) is 17.4 Å². The Morgan fingerprint density at radius 2 is 1.61 bits per heavy atom. The Kier molecular flexibility index (Phi) is 5.68. The Bertz CT molecular complexity index is 455. The van der Waals surface area contributed by atoms with E-state index in [1.807, 2.05) is 0 Å². The van der Waals surface area contributed by atoms with Crippen molar-refractivity contribution in [2.45, 2.75) is 95.2 Å². The summed E-state index contributed by atoms with van der Waals surface area (Å²) in [4.78, 5) is 0. The summed E-state index contributed by atoms with van der Waals surface area (Å²) in [6.45, 7) is 13.9. The maximum atomic E-state index is 11.0. The predicted molar refractivity (Wildman–Crippen MR) is 96.9 cm³/mol. The average molecular weight is 339 g/mol. The highest BCUT2D eigenvalue weighted by Crippen LogP contribution is 2.42.